The molecule has 1 aliphatic carbocycles. The summed E-state index contributed by atoms with van der Waals surface area (Å²) in [6.07, 6.45) is 3.91. The molecule has 2 aromatic rings. The number of epoxide rings is 1. The van der Waals surface area contributed by atoms with Crippen molar-refractivity contribution in [3.8, 4) is 11.5 Å². The van der Waals surface area contributed by atoms with Gasteiger partial charge in [0.05, 0.1) is 13.2 Å². The second-order valence-electron chi connectivity index (χ2n) is 8.81. The summed E-state index contributed by atoms with van der Waals surface area (Å²) in [4.78, 5) is 0. The maximum absolute atomic E-state index is 6.20. The van der Waals surface area contributed by atoms with Crippen LogP contribution in [0.2, 0.25) is 0 Å². The average molecular weight is 381 g/mol. The Morgan fingerprint density at radius 1 is 1.00 bits per heavy atom. The summed E-state index contributed by atoms with van der Waals surface area (Å²) >= 11 is 0. The quantitative estimate of drug-likeness (QED) is 0.542. The van der Waals surface area contributed by atoms with Crippen LogP contribution in [0.5, 0.6) is 11.5 Å². The third kappa shape index (κ3) is 4.35. The Balaban J connectivity index is 1.54. The zero-order chi connectivity index (χ0) is 19.7. The zero-order valence-electron chi connectivity index (χ0n) is 17.6. The maximum atomic E-state index is 6.20. The molecule has 1 aliphatic heterocycles. The Morgan fingerprint density at radius 3 is 2.32 bits per heavy atom. The molecule has 1 saturated carbocycles. The van der Waals surface area contributed by atoms with E-state index in [0.29, 0.717) is 6.61 Å². The summed E-state index contributed by atoms with van der Waals surface area (Å²) in [6, 6.07) is 13.1. The molecule has 0 bridgehead atoms. The van der Waals surface area contributed by atoms with Gasteiger partial charge in [-0.15, -0.1) is 0 Å². The summed E-state index contributed by atoms with van der Waals surface area (Å²) in [7, 11) is 0. The fourth-order valence-electron chi connectivity index (χ4n) is 3.65. The van der Waals surface area contributed by atoms with Gasteiger partial charge in [0.1, 0.15) is 24.2 Å². The molecule has 0 N–H and O–H groups in total. The van der Waals surface area contributed by atoms with Crippen LogP contribution in [0.3, 0.4) is 0 Å². The van der Waals surface area contributed by atoms with Crippen LogP contribution in [-0.4, -0.2) is 25.9 Å². The first-order chi connectivity index (χ1) is 13.5. The first-order valence-electron chi connectivity index (χ1n) is 10.6. The van der Waals surface area contributed by atoms with E-state index in [1.807, 2.05) is 0 Å². The van der Waals surface area contributed by atoms with E-state index in [2.05, 4.69) is 64.1 Å². The van der Waals surface area contributed by atoms with Gasteiger partial charge in [0, 0.05) is 5.41 Å². The summed E-state index contributed by atoms with van der Waals surface area (Å²) in [6.45, 7) is 11.3. The van der Waals surface area contributed by atoms with Crippen LogP contribution in [0, 0.1) is 12.8 Å². The van der Waals surface area contributed by atoms with Crippen molar-refractivity contribution in [3.63, 3.8) is 0 Å². The molecule has 2 aliphatic rings. The average Bonchev–Trinajstić information content (AvgIpc) is 3.60. The van der Waals surface area contributed by atoms with Gasteiger partial charge < -0.3 is 14.2 Å². The summed E-state index contributed by atoms with van der Waals surface area (Å²) in [5, 5.41) is 0. The van der Waals surface area contributed by atoms with E-state index in [1.165, 1.54) is 35.1 Å². The predicted molar refractivity (Wildman–Crippen MR) is 113 cm³/mol. The van der Waals surface area contributed by atoms with Gasteiger partial charge in [0.2, 0.25) is 0 Å². The van der Waals surface area contributed by atoms with Gasteiger partial charge in [-0.05, 0) is 66.5 Å². The second-order valence-corrected chi connectivity index (χ2v) is 8.81. The summed E-state index contributed by atoms with van der Waals surface area (Å²) in [5.74, 6) is 2.77. The molecule has 0 radical (unpaired) electrons. The number of benzene rings is 2. The lowest BCUT2D eigenvalue weighted by molar-refractivity contribution is 0.263. The lowest BCUT2D eigenvalue weighted by atomic mass is 9.77. The van der Waals surface area contributed by atoms with Gasteiger partial charge in [-0.2, -0.15) is 0 Å². The Hall–Kier alpha value is -2.00. The van der Waals surface area contributed by atoms with Crippen LogP contribution in [-0.2, 0) is 16.6 Å². The highest BCUT2D eigenvalue weighted by atomic mass is 16.6. The number of hydrogen-bond donors (Lipinski definition) is 0. The van der Waals surface area contributed by atoms with Crippen LogP contribution in [0.1, 0.15) is 55.9 Å². The normalized spacial score (nSPS) is 18.8. The third-order valence-electron chi connectivity index (χ3n) is 6.03. The van der Waals surface area contributed by atoms with E-state index in [0.717, 1.165) is 37.1 Å². The van der Waals surface area contributed by atoms with Crippen molar-refractivity contribution >= 4 is 0 Å². The Morgan fingerprint density at radius 2 is 1.71 bits per heavy atom. The van der Waals surface area contributed by atoms with Crippen LogP contribution >= 0.6 is 0 Å². The van der Waals surface area contributed by atoms with Gasteiger partial charge in [0.25, 0.3) is 0 Å². The molecule has 3 nitrogen and oxygen atoms in total. The molecule has 0 amide bonds. The first kappa shape index (κ1) is 19.3. The van der Waals surface area contributed by atoms with Gasteiger partial charge in [-0.25, -0.2) is 0 Å². The van der Waals surface area contributed by atoms with E-state index < -0.39 is 0 Å². The molecule has 1 unspecified atom stereocenters. The maximum Gasteiger partial charge on any atom is 0.125 e. The topological polar surface area (TPSA) is 31.0 Å². The highest BCUT2D eigenvalue weighted by Gasteiger charge is 2.27. The standard InChI is InChI=1S/C25H32O3/c1-5-19-13-21(12-17(2)24(19)28-14-18-6-7-18)25(3,4)20-8-10-22(11-9-20)26-15-23-16-27-23/h8-13,18,23H,5-7,14-16H2,1-4H3. The number of ether oxygens (including phenoxy) is 3. The highest BCUT2D eigenvalue weighted by molar-refractivity contribution is 5.49. The van der Waals surface area contributed by atoms with E-state index in [-0.39, 0.29) is 11.5 Å². The van der Waals surface area contributed by atoms with E-state index in [4.69, 9.17) is 14.2 Å². The fraction of sp³-hybridized carbons (Fsp3) is 0.520. The SMILES string of the molecule is CCc1cc(C(C)(C)c2ccc(OCC3CO3)cc2)cc(C)c1OCC1CC1. The molecule has 4 rings (SSSR count). The lowest BCUT2D eigenvalue weighted by Gasteiger charge is -2.28. The fourth-order valence-corrected chi connectivity index (χ4v) is 3.65. The first-order valence-corrected chi connectivity index (χ1v) is 10.6. The monoisotopic (exact) mass is 380 g/mol. The molecule has 1 atom stereocenters. The minimum Gasteiger partial charge on any atom is -0.493 e. The third-order valence-corrected chi connectivity index (χ3v) is 6.03. The van der Waals surface area contributed by atoms with Crippen molar-refractivity contribution in [2.24, 2.45) is 5.92 Å². The van der Waals surface area contributed by atoms with Gasteiger partial charge >= 0.3 is 0 Å². The number of hydrogen-bond acceptors (Lipinski definition) is 3. The van der Waals surface area contributed by atoms with Crippen LogP contribution in [0.25, 0.3) is 0 Å². The van der Waals surface area contributed by atoms with Gasteiger partial charge in [-0.1, -0.05) is 45.0 Å². The molecule has 150 valence electrons. The lowest BCUT2D eigenvalue weighted by Crippen LogP contribution is -2.20. The van der Waals surface area contributed by atoms with Gasteiger partial charge in [-0.3, -0.25) is 0 Å². The van der Waals surface area contributed by atoms with Crippen molar-refractivity contribution in [1.29, 1.82) is 0 Å². The van der Waals surface area contributed by atoms with E-state index in [9.17, 15) is 0 Å². The summed E-state index contributed by atoms with van der Waals surface area (Å²) < 4.78 is 17.2. The van der Waals surface area contributed by atoms with Crippen LogP contribution < -0.4 is 9.47 Å². The van der Waals surface area contributed by atoms with Crippen molar-refractivity contribution in [2.75, 3.05) is 19.8 Å². The molecule has 2 aromatic carbocycles. The second kappa shape index (κ2) is 7.79. The van der Waals surface area contributed by atoms with E-state index in [1.54, 1.807) is 0 Å². The molecule has 1 heterocycles. The van der Waals surface area contributed by atoms with Crippen LogP contribution in [0.4, 0.5) is 0 Å². The molecule has 0 aromatic heterocycles. The molecular weight excluding hydrogens is 348 g/mol. The number of rotatable bonds is 9. The molecular formula is C25H32O3. The minimum absolute atomic E-state index is 0.0815. The van der Waals surface area contributed by atoms with Crippen LogP contribution in [0.15, 0.2) is 36.4 Å². The minimum atomic E-state index is -0.0815. The molecule has 0 spiro atoms. The highest BCUT2D eigenvalue weighted by Crippen LogP contribution is 2.38. The van der Waals surface area contributed by atoms with Crippen molar-refractivity contribution in [2.45, 2.75) is 58.5 Å². The van der Waals surface area contributed by atoms with Crippen molar-refractivity contribution in [1.82, 2.24) is 0 Å². The van der Waals surface area contributed by atoms with Crippen molar-refractivity contribution < 1.29 is 14.2 Å². The van der Waals surface area contributed by atoms with Crippen molar-refractivity contribution in [3.05, 3.63) is 58.7 Å². The largest absolute Gasteiger partial charge is 0.493 e. The Kier molecular flexibility index (Phi) is 5.37. The molecule has 2 fully saturated rings. The molecule has 1 saturated heterocycles. The Bertz CT molecular complexity index is 814. The van der Waals surface area contributed by atoms with E-state index >= 15 is 0 Å². The predicted octanol–water partition coefficient (Wildman–Crippen LogP) is 5.45. The Labute approximate surface area is 169 Å². The molecule has 3 heteroatoms. The number of aryl methyl sites for hydroxylation is 2. The summed E-state index contributed by atoms with van der Waals surface area (Å²) in [5.41, 5.74) is 5.10. The van der Waals surface area contributed by atoms with Gasteiger partial charge in [0.15, 0.2) is 0 Å². The smallest absolute Gasteiger partial charge is 0.125 e. The molecule has 28 heavy (non-hydrogen) atoms. The zero-order valence-corrected chi connectivity index (χ0v) is 17.6.